The number of benzene rings is 1. The third-order valence-corrected chi connectivity index (χ3v) is 3.05. The molecule has 0 aliphatic heterocycles. The van der Waals surface area contributed by atoms with Crippen LogP contribution in [0.3, 0.4) is 0 Å². The molecule has 0 unspecified atom stereocenters. The zero-order valence-electron chi connectivity index (χ0n) is 9.59. The summed E-state index contributed by atoms with van der Waals surface area (Å²) < 4.78 is 5.71. The van der Waals surface area contributed by atoms with Crippen LogP contribution in [0.25, 0.3) is 0 Å². The number of nitro groups is 1. The van der Waals surface area contributed by atoms with E-state index < -0.39 is 4.92 Å². The highest BCUT2D eigenvalue weighted by Gasteiger charge is 2.22. The largest absolute Gasteiger partial charge is 0.483 e. The maximum atomic E-state index is 10.9. The molecule has 1 aliphatic carbocycles. The summed E-state index contributed by atoms with van der Waals surface area (Å²) in [6.45, 7) is 0.360. The maximum Gasteiger partial charge on any atom is 0.310 e. The van der Waals surface area contributed by atoms with Crippen LogP contribution in [0, 0.1) is 10.1 Å². The molecule has 1 aliphatic rings. The highest BCUT2D eigenvalue weighted by molar-refractivity contribution is 5.48. The van der Waals surface area contributed by atoms with Crippen molar-refractivity contribution in [2.75, 3.05) is 0 Å². The highest BCUT2D eigenvalue weighted by atomic mass is 16.6. The van der Waals surface area contributed by atoms with Crippen molar-refractivity contribution in [1.29, 1.82) is 0 Å². The Morgan fingerprint density at radius 1 is 1.41 bits per heavy atom. The first kappa shape index (κ1) is 11.9. The predicted molar refractivity (Wildman–Crippen MR) is 63.9 cm³/mol. The smallest absolute Gasteiger partial charge is 0.310 e. The average molecular weight is 236 g/mol. The standard InChI is InChI=1S/C12H16N2O3/c13-8-9-5-6-11(14(15)16)12(7-9)17-10-3-1-2-4-10/h5-7,10H,1-4,8,13H2. The fraction of sp³-hybridized carbons (Fsp3) is 0.500. The van der Waals surface area contributed by atoms with Crippen molar-refractivity contribution in [2.45, 2.75) is 38.3 Å². The normalized spacial score (nSPS) is 16.1. The van der Waals surface area contributed by atoms with E-state index in [-0.39, 0.29) is 11.8 Å². The van der Waals surface area contributed by atoms with Gasteiger partial charge < -0.3 is 10.5 Å². The van der Waals surface area contributed by atoms with Gasteiger partial charge in [0, 0.05) is 12.6 Å². The molecule has 0 amide bonds. The third-order valence-electron chi connectivity index (χ3n) is 3.05. The Morgan fingerprint density at radius 2 is 2.12 bits per heavy atom. The number of rotatable bonds is 4. The quantitative estimate of drug-likeness (QED) is 0.643. The van der Waals surface area contributed by atoms with E-state index in [2.05, 4.69) is 0 Å². The van der Waals surface area contributed by atoms with E-state index in [1.807, 2.05) is 0 Å². The first-order chi connectivity index (χ1) is 8.20. The molecular formula is C12H16N2O3. The topological polar surface area (TPSA) is 78.4 Å². The lowest BCUT2D eigenvalue weighted by atomic mass is 10.2. The minimum atomic E-state index is -0.412. The molecule has 0 bridgehead atoms. The summed E-state index contributed by atoms with van der Waals surface area (Å²) in [5.74, 6) is 0.352. The van der Waals surface area contributed by atoms with Crippen molar-refractivity contribution in [3.8, 4) is 5.75 Å². The summed E-state index contributed by atoms with van der Waals surface area (Å²) >= 11 is 0. The molecule has 5 nitrogen and oxygen atoms in total. The van der Waals surface area contributed by atoms with Crippen LogP contribution < -0.4 is 10.5 Å². The molecule has 0 saturated heterocycles. The first-order valence-corrected chi connectivity index (χ1v) is 5.84. The van der Waals surface area contributed by atoms with Crippen molar-refractivity contribution in [3.05, 3.63) is 33.9 Å². The molecular weight excluding hydrogens is 220 g/mol. The average Bonchev–Trinajstić information content (AvgIpc) is 2.81. The lowest BCUT2D eigenvalue weighted by Crippen LogP contribution is -2.12. The van der Waals surface area contributed by atoms with E-state index >= 15 is 0 Å². The number of nitrogens with zero attached hydrogens (tertiary/aromatic N) is 1. The first-order valence-electron chi connectivity index (χ1n) is 5.84. The van der Waals surface area contributed by atoms with E-state index in [0.29, 0.717) is 12.3 Å². The van der Waals surface area contributed by atoms with Crippen LogP contribution in [0.4, 0.5) is 5.69 Å². The minimum Gasteiger partial charge on any atom is -0.483 e. The van der Waals surface area contributed by atoms with Gasteiger partial charge in [-0.3, -0.25) is 10.1 Å². The van der Waals surface area contributed by atoms with Crippen LogP contribution in [-0.4, -0.2) is 11.0 Å². The third kappa shape index (κ3) is 2.74. The van der Waals surface area contributed by atoms with Gasteiger partial charge in [-0.2, -0.15) is 0 Å². The summed E-state index contributed by atoms with van der Waals surface area (Å²) in [4.78, 5) is 10.5. The van der Waals surface area contributed by atoms with Gasteiger partial charge >= 0.3 is 5.69 Å². The fourth-order valence-corrected chi connectivity index (χ4v) is 2.12. The molecule has 1 saturated carbocycles. The Hall–Kier alpha value is -1.62. The second-order valence-electron chi connectivity index (χ2n) is 4.29. The maximum absolute atomic E-state index is 10.9. The Morgan fingerprint density at radius 3 is 2.71 bits per heavy atom. The van der Waals surface area contributed by atoms with Crippen LogP contribution in [0.5, 0.6) is 5.75 Å². The Balaban J connectivity index is 2.24. The number of ether oxygens (including phenoxy) is 1. The van der Waals surface area contributed by atoms with Crippen LogP contribution >= 0.6 is 0 Å². The van der Waals surface area contributed by atoms with E-state index in [0.717, 1.165) is 31.2 Å². The van der Waals surface area contributed by atoms with Crippen molar-refractivity contribution in [1.82, 2.24) is 0 Å². The molecule has 0 aromatic heterocycles. The molecule has 1 aromatic carbocycles. The number of nitrogens with two attached hydrogens (primary N) is 1. The fourth-order valence-electron chi connectivity index (χ4n) is 2.12. The zero-order valence-corrected chi connectivity index (χ0v) is 9.59. The summed E-state index contributed by atoms with van der Waals surface area (Å²) in [5.41, 5.74) is 6.40. The molecule has 0 heterocycles. The van der Waals surface area contributed by atoms with Gasteiger partial charge in [-0.25, -0.2) is 0 Å². The molecule has 0 spiro atoms. The van der Waals surface area contributed by atoms with Crippen molar-refractivity contribution < 1.29 is 9.66 Å². The van der Waals surface area contributed by atoms with E-state index in [9.17, 15) is 10.1 Å². The molecule has 1 fully saturated rings. The summed E-state index contributed by atoms with van der Waals surface area (Å²) in [7, 11) is 0. The van der Waals surface area contributed by atoms with Gasteiger partial charge in [0.05, 0.1) is 11.0 Å². The van der Waals surface area contributed by atoms with Crippen molar-refractivity contribution >= 4 is 5.69 Å². The number of hydrogen-bond acceptors (Lipinski definition) is 4. The molecule has 5 heteroatoms. The zero-order chi connectivity index (χ0) is 12.3. The summed E-state index contributed by atoms with van der Waals surface area (Å²) in [5, 5.41) is 10.9. The van der Waals surface area contributed by atoms with Gasteiger partial charge in [-0.05, 0) is 37.3 Å². The van der Waals surface area contributed by atoms with Gasteiger partial charge in [0.15, 0.2) is 5.75 Å². The van der Waals surface area contributed by atoms with Crippen LogP contribution in [0.1, 0.15) is 31.2 Å². The molecule has 2 N–H and O–H groups in total. The highest BCUT2D eigenvalue weighted by Crippen LogP contribution is 2.32. The van der Waals surface area contributed by atoms with E-state index in [4.69, 9.17) is 10.5 Å². The van der Waals surface area contributed by atoms with E-state index in [1.165, 1.54) is 6.07 Å². The number of hydrogen-bond donors (Lipinski definition) is 1. The molecule has 2 rings (SSSR count). The Bertz CT molecular complexity index is 414. The van der Waals surface area contributed by atoms with Gasteiger partial charge in [0.2, 0.25) is 0 Å². The van der Waals surface area contributed by atoms with Gasteiger partial charge in [0.25, 0.3) is 0 Å². The SMILES string of the molecule is NCc1ccc([N+](=O)[O-])c(OC2CCCC2)c1. The van der Waals surface area contributed by atoms with Gasteiger partial charge in [0.1, 0.15) is 0 Å². The number of nitro benzene ring substituents is 1. The van der Waals surface area contributed by atoms with Crippen molar-refractivity contribution in [3.63, 3.8) is 0 Å². The Kier molecular flexibility index (Phi) is 3.58. The van der Waals surface area contributed by atoms with Gasteiger partial charge in [-0.1, -0.05) is 6.07 Å². The van der Waals surface area contributed by atoms with Gasteiger partial charge in [-0.15, -0.1) is 0 Å². The van der Waals surface area contributed by atoms with E-state index in [1.54, 1.807) is 12.1 Å². The Labute approximate surface area is 99.7 Å². The molecule has 92 valence electrons. The molecule has 17 heavy (non-hydrogen) atoms. The second-order valence-corrected chi connectivity index (χ2v) is 4.29. The summed E-state index contributed by atoms with van der Waals surface area (Å²) in [6, 6.07) is 4.81. The van der Waals surface area contributed by atoms with Crippen LogP contribution in [-0.2, 0) is 6.54 Å². The second kappa shape index (κ2) is 5.14. The van der Waals surface area contributed by atoms with Crippen LogP contribution in [0.15, 0.2) is 18.2 Å². The molecule has 0 atom stereocenters. The lowest BCUT2D eigenvalue weighted by Gasteiger charge is -2.13. The van der Waals surface area contributed by atoms with Crippen LogP contribution in [0.2, 0.25) is 0 Å². The van der Waals surface area contributed by atoms with Crippen molar-refractivity contribution in [2.24, 2.45) is 5.73 Å². The summed E-state index contributed by atoms with van der Waals surface area (Å²) in [6.07, 6.45) is 4.33. The lowest BCUT2D eigenvalue weighted by molar-refractivity contribution is -0.386. The molecule has 0 radical (unpaired) electrons. The predicted octanol–water partition coefficient (Wildman–Crippen LogP) is 2.37. The monoisotopic (exact) mass is 236 g/mol. The minimum absolute atomic E-state index is 0.0223. The molecule has 1 aromatic rings.